The lowest BCUT2D eigenvalue weighted by atomic mass is 10.2. The van der Waals surface area contributed by atoms with Crippen molar-refractivity contribution >= 4 is 6.09 Å². The second-order valence-corrected chi connectivity index (χ2v) is 5.62. The molecule has 19 heavy (non-hydrogen) atoms. The van der Waals surface area contributed by atoms with E-state index in [9.17, 15) is 4.79 Å². The average molecular weight is 267 g/mol. The number of aromatic amines is 1. The summed E-state index contributed by atoms with van der Waals surface area (Å²) in [6, 6.07) is -0.194. The Hall–Kier alpha value is -1.52. The van der Waals surface area contributed by atoms with E-state index in [-0.39, 0.29) is 6.04 Å². The number of rotatable bonds is 4. The normalized spacial score (nSPS) is 13.2. The molecule has 1 amide bonds. The van der Waals surface area contributed by atoms with E-state index in [1.165, 1.54) is 0 Å². The fraction of sp³-hybridized carbons (Fsp3) is 0.714. The summed E-state index contributed by atoms with van der Waals surface area (Å²) >= 11 is 0. The van der Waals surface area contributed by atoms with Crippen LogP contribution in [0.3, 0.4) is 0 Å². The van der Waals surface area contributed by atoms with Crippen molar-refractivity contribution in [2.24, 2.45) is 0 Å². The Morgan fingerprint density at radius 1 is 1.37 bits per heavy atom. The summed E-state index contributed by atoms with van der Waals surface area (Å²) < 4.78 is 5.23. The number of hydrogen-bond acceptors (Lipinski definition) is 3. The van der Waals surface area contributed by atoms with Crippen LogP contribution in [0.15, 0.2) is 0 Å². The van der Waals surface area contributed by atoms with Gasteiger partial charge in [-0.15, -0.1) is 0 Å². The summed E-state index contributed by atoms with van der Waals surface area (Å²) in [6.45, 7) is 11.6. The zero-order valence-electron chi connectivity index (χ0n) is 12.8. The monoisotopic (exact) mass is 267 g/mol. The molecular formula is C14H25N3O2. The largest absolute Gasteiger partial charge is 0.444 e. The molecule has 1 atom stereocenters. The number of alkyl carbamates (subject to hydrolysis) is 1. The number of aryl methyl sites for hydroxylation is 2. The number of aromatic nitrogens is 2. The summed E-state index contributed by atoms with van der Waals surface area (Å²) in [5.41, 5.74) is 1.71. The van der Waals surface area contributed by atoms with Gasteiger partial charge in [0.2, 0.25) is 0 Å². The number of carbonyl (C=O) groups excluding carboxylic acids is 1. The van der Waals surface area contributed by atoms with Gasteiger partial charge in [-0.05, 0) is 40.5 Å². The van der Waals surface area contributed by atoms with E-state index in [1.807, 2.05) is 27.7 Å². The quantitative estimate of drug-likeness (QED) is 0.880. The van der Waals surface area contributed by atoms with Crippen molar-refractivity contribution < 1.29 is 9.53 Å². The topological polar surface area (TPSA) is 67.0 Å². The van der Waals surface area contributed by atoms with Crippen LogP contribution < -0.4 is 5.32 Å². The van der Waals surface area contributed by atoms with E-state index in [0.29, 0.717) is 0 Å². The fourth-order valence-corrected chi connectivity index (χ4v) is 1.81. The van der Waals surface area contributed by atoms with Crippen LogP contribution in [0.4, 0.5) is 4.79 Å². The van der Waals surface area contributed by atoms with Gasteiger partial charge in [0, 0.05) is 5.69 Å². The lowest BCUT2D eigenvalue weighted by molar-refractivity contribution is 0.0506. The molecule has 0 aliphatic carbocycles. The third-order valence-corrected chi connectivity index (χ3v) is 2.71. The summed E-state index contributed by atoms with van der Waals surface area (Å²) in [4.78, 5) is 19.5. The maximum atomic E-state index is 11.7. The van der Waals surface area contributed by atoms with Crippen molar-refractivity contribution in [2.45, 2.75) is 66.0 Å². The molecule has 0 unspecified atom stereocenters. The number of carbonyl (C=O) groups is 1. The SMILES string of the molecule is CCc1nc([C@H](C)NC(=O)OC(C)(C)C)[nH]c1CC. The van der Waals surface area contributed by atoms with Crippen LogP contribution >= 0.6 is 0 Å². The Bertz CT molecular complexity index is 411. The highest BCUT2D eigenvalue weighted by atomic mass is 16.6. The van der Waals surface area contributed by atoms with Gasteiger partial charge in [0.15, 0.2) is 0 Å². The molecule has 5 heteroatoms. The standard InChI is InChI=1S/C14H25N3O2/c1-7-10-11(8-2)17-12(16-10)9(3)15-13(18)19-14(4,5)6/h9H,7-8H2,1-6H3,(H,15,18)(H,16,17)/t9-/m0/s1. The Kier molecular flexibility index (Phi) is 4.97. The second kappa shape index (κ2) is 6.08. The lowest BCUT2D eigenvalue weighted by Gasteiger charge is -2.21. The molecule has 1 aromatic heterocycles. The number of ether oxygens (including phenoxy) is 1. The fourth-order valence-electron chi connectivity index (χ4n) is 1.81. The van der Waals surface area contributed by atoms with Crippen LogP contribution in [0, 0.1) is 0 Å². The van der Waals surface area contributed by atoms with Crippen molar-refractivity contribution in [3.63, 3.8) is 0 Å². The molecule has 1 rings (SSSR count). The Balaban J connectivity index is 2.70. The van der Waals surface area contributed by atoms with Crippen LogP contribution in [-0.4, -0.2) is 21.7 Å². The van der Waals surface area contributed by atoms with Crippen molar-refractivity contribution in [2.75, 3.05) is 0 Å². The van der Waals surface area contributed by atoms with E-state index in [2.05, 4.69) is 29.1 Å². The number of H-pyrrole nitrogens is 1. The molecule has 0 bridgehead atoms. The van der Waals surface area contributed by atoms with E-state index in [0.717, 1.165) is 30.1 Å². The number of amides is 1. The van der Waals surface area contributed by atoms with Gasteiger partial charge < -0.3 is 15.0 Å². The van der Waals surface area contributed by atoms with Crippen LogP contribution in [-0.2, 0) is 17.6 Å². The molecule has 108 valence electrons. The van der Waals surface area contributed by atoms with E-state index in [1.54, 1.807) is 0 Å². The smallest absolute Gasteiger partial charge is 0.408 e. The average Bonchev–Trinajstić information content (AvgIpc) is 2.69. The first-order valence-electron chi connectivity index (χ1n) is 6.84. The Labute approximate surface area is 115 Å². The minimum atomic E-state index is -0.490. The van der Waals surface area contributed by atoms with Gasteiger partial charge in [-0.2, -0.15) is 0 Å². The predicted octanol–water partition coefficient (Wildman–Crippen LogP) is 3.12. The van der Waals surface area contributed by atoms with Gasteiger partial charge in [0.25, 0.3) is 0 Å². The molecule has 1 heterocycles. The maximum Gasteiger partial charge on any atom is 0.408 e. The van der Waals surface area contributed by atoms with Crippen molar-refractivity contribution in [1.82, 2.24) is 15.3 Å². The molecule has 0 aromatic carbocycles. The molecular weight excluding hydrogens is 242 g/mol. The zero-order valence-corrected chi connectivity index (χ0v) is 12.8. The molecule has 0 radical (unpaired) electrons. The summed E-state index contributed by atoms with van der Waals surface area (Å²) in [7, 11) is 0. The van der Waals surface area contributed by atoms with Gasteiger partial charge in [-0.25, -0.2) is 9.78 Å². The molecule has 0 spiro atoms. The summed E-state index contributed by atoms with van der Waals surface area (Å²) in [5, 5.41) is 2.79. The van der Waals surface area contributed by atoms with Crippen LogP contribution in [0.2, 0.25) is 0 Å². The maximum absolute atomic E-state index is 11.7. The van der Waals surface area contributed by atoms with Gasteiger partial charge in [0.1, 0.15) is 11.4 Å². The summed E-state index contributed by atoms with van der Waals surface area (Å²) in [6.07, 6.45) is 1.38. The third kappa shape index (κ3) is 4.58. The number of nitrogens with one attached hydrogen (secondary N) is 2. The van der Waals surface area contributed by atoms with Gasteiger partial charge in [0.05, 0.1) is 11.7 Å². The van der Waals surface area contributed by atoms with Crippen molar-refractivity contribution in [1.29, 1.82) is 0 Å². The first-order chi connectivity index (χ1) is 8.76. The molecule has 0 aliphatic rings. The summed E-state index contributed by atoms with van der Waals surface area (Å²) in [5.74, 6) is 0.777. The van der Waals surface area contributed by atoms with Crippen LogP contribution in [0.25, 0.3) is 0 Å². The van der Waals surface area contributed by atoms with Crippen molar-refractivity contribution in [3.8, 4) is 0 Å². The molecule has 0 saturated heterocycles. The Morgan fingerprint density at radius 3 is 2.42 bits per heavy atom. The first kappa shape index (κ1) is 15.5. The third-order valence-electron chi connectivity index (χ3n) is 2.71. The minimum Gasteiger partial charge on any atom is -0.444 e. The molecule has 5 nitrogen and oxygen atoms in total. The minimum absolute atomic E-state index is 0.194. The van der Waals surface area contributed by atoms with E-state index in [4.69, 9.17) is 4.74 Å². The van der Waals surface area contributed by atoms with E-state index >= 15 is 0 Å². The van der Waals surface area contributed by atoms with Gasteiger partial charge in [-0.3, -0.25) is 0 Å². The molecule has 0 aliphatic heterocycles. The molecule has 2 N–H and O–H groups in total. The number of imidazole rings is 1. The van der Waals surface area contributed by atoms with Crippen molar-refractivity contribution in [3.05, 3.63) is 17.2 Å². The number of hydrogen-bond donors (Lipinski definition) is 2. The van der Waals surface area contributed by atoms with Gasteiger partial charge in [-0.1, -0.05) is 13.8 Å². The number of nitrogens with zero attached hydrogens (tertiary/aromatic N) is 1. The highest BCUT2D eigenvalue weighted by molar-refractivity contribution is 5.68. The van der Waals surface area contributed by atoms with Gasteiger partial charge >= 0.3 is 6.09 Å². The van der Waals surface area contributed by atoms with Crippen LogP contribution in [0.1, 0.15) is 64.8 Å². The molecule has 0 fully saturated rings. The highest BCUT2D eigenvalue weighted by Gasteiger charge is 2.20. The first-order valence-corrected chi connectivity index (χ1v) is 6.84. The second-order valence-electron chi connectivity index (χ2n) is 5.62. The van der Waals surface area contributed by atoms with E-state index < -0.39 is 11.7 Å². The highest BCUT2D eigenvalue weighted by Crippen LogP contribution is 2.15. The molecule has 0 saturated carbocycles. The predicted molar refractivity (Wildman–Crippen MR) is 75.1 cm³/mol. The lowest BCUT2D eigenvalue weighted by Crippen LogP contribution is -2.34. The molecule has 1 aromatic rings. The zero-order chi connectivity index (χ0) is 14.6. The van der Waals surface area contributed by atoms with Crippen LogP contribution in [0.5, 0.6) is 0 Å². The Morgan fingerprint density at radius 2 is 2.00 bits per heavy atom.